The van der Waals surface area contributed by atoms with Crippen LogP contribution in [-0.2, 0) is 19.1 Å². The van der Waals surface area contributed by atoms with Crippen molar-refractivity contribution in [3.63, 3.8) is 0 Å². The molecule has 0 aliphatic heterocycles. The van der Waals surface area contributed by atoms with Crippen LogP contribution < -0.4 is 0 Å². The van der Waals surface area contributed by atoms with E-state index in [0.29, 0.717) is 0 Å². The van der Waals surface area contributed by atoms with E-state index in [1.165, 1.54) is 13.8 Å². The molecule has 0 saturated carbocycles. The minimum atomic E-state index is -1.29. The van der Waals surface area contributed by atoms with Crippen LogP contribution in [0.4, 0.5) is 0 Å². The summed E-state index contributed by atoms with van der Waals surface area (Å²) in [5, 5.41) is 10.6. The first-order valence-electron chi connectivity index (χ1n) is 5.71. The predicted octanol–water partition coefficient (Wildman–Crippen LogP) is 1.03. The van der Waals surface area contributed by atoms with Crippen molar-refractivity contribution in [2.75, 3.05) is 19.8 Å². The van der Waals surface area contributed by atoms with Crippen LogP contribution in [-0.4, -0.2) is 36.6 Å². The summed E-state index contributed by atoms with van der Waals surface area (Å²) in [6, 6.07) is 0. The Kier molecular flexibility index (Phi) is 6.29. The fourth-order valence-corrected chi connectivity index (χ4v) is 1.61. The number of ether oxygens (including phenoxy) is 2. The third-order valence-electron chi connectivity index (χ3n) is 2.36. The van der Waals surface area contributed by atoms with Gasteiger partial charge in [-0.15, -0.1) is 0 Å². The highest BCUT2D eigenvalue weighted by Gasteiger charge is 2.46. The number of carbonyl (C=O) groups excluding carboxylic acids is 2. The second kappa shape index (κ2) is 6.93. The highest BCUT2D eigenvalue weighted by Crippen LogP contribution is 2.29. The Labute approximate surface area is 106 Å². The van der Waals surface area contributed by atoms with Crippen molar-refractivity contribution >= 4 is 11.9 Å². The molecule has 18 heavy (non-hydrogen) atoms. The first kappa shape index (κ1) is 16.3. The highest BCUT2D eigenvalue weighted by atomic mass is 16.6. The SMILES string of the molecule is CCOC(=O)C(C(=O)OCC)C(C)(C)C[N+](=O)[O-]. The van der Waals surface area contributed by atoms with E-state index >= 15 is 0 Å². The molecule has 0 bridgehead atoms. The Morgan fingerprint density at radius 3 is 1.83 bits per heavy atom. The van der Waals surface area contributed by atoms with Crippen LogP contribution in [0.3, 0.4) is 0 Å². The summed E-state index contributed by atoms with van der Waals surface area (Å²) in [4.78, 5) is 33.5. The number of hydrogen-bond donors (Lipinski definition) is 0. The minimum absolute atomic E-state index is 0.100. The monoisotopic (exact) mass is 261 g/mol. The van der Waals surface area contributed by atoms with E-state index in [1.807, 2.05) is 0 Å². The van der Waals surface area contributed by atoms with Gasteiger partial charge in [0.15, 0.2) is 5.92 Å². The van der Waals surface area contributed by atoms with Gasteiger partial charge < -0.3 is 9.47 Å². The van der Waals surface area contributed by atoms with Crippen LogP contribution in [0.15, 0.2) is 0 Å². The first-order valence-corrected chi connectivity index (χ1v) is 5.71. The normalized spacial score (nSPS) is 11.2. The zero-order chi connectivity index (χ0) is 14.3. The van der Waals surface area contributed by atoms with Crippen molar-refractivity contribution in [2.45, 2.75) is 27.7 Å². The van der Waals surface area contributed by atoms with Crippen molar-refractivity contribution in [1.82, 2.24) is 0 Å². The summed E-state index contributed by atoms with van der Waals surface area (Å²) in [5.74, 6) is -2.87. The molecule has 7 nitrogen and oxygen atoms in total. The van der Waals surface area contributed by atoms with E-state index in [0.717, 1.165) is 0 Å². The summed E-state index contributed by atoms with van der Waals surface area (Å²) in [6.07, 6.45) is 0. The van der Waals surface area contributed by atoms with Crippen molar-refractivity contribution in [2.24, 2.45) is 11.3 Å². The number of carbonyl (C=O) groups is 2. The fraction of sp³-hybridized carbons (Fsp3) is 0.818. The van der Waals surface area contributed by atoms with Gasteiger partial charge in [-0.05, 0) is 13.8 Å². The fourth-order valence-electron chi connectivity index (χ4n) is 1.61. The molecule has 0 unspecified atom stereocenters. The van der Waals surface area contributed by atoms with E-state index in [-0.39, 0.29) is 13.2 Å². The lowest BCUT2D eigenvalue weighted by Gasteiger charge is -2.27. The van der Waals surface area contributed by atoms with Gasteiger partial charge >= 0.3 is 11.9 Å². The van der Waals surface area contributed by atoms with E-state index in [2.05, 4.69) is 0 Å². The molecule has 0 fully saturated rings. The Morgan fingerprint density at radius 1 is 1.17 bits per heavy atom. The average Bonchev–Trinajstić information content (AvgIpc) is 2.15. The van der Waals surface area contributed by atoms with E-state index in [1.54, 1.807) is 13.8 Å². The predicted molar refractivity (Wildman–Crippen MR) is 62.4 cm³/mol. The molecule has 0 heterocycles. The molecule has 0 aliphatic rings. The number of nitrogens with zero attached hydrogens (tertiary/aromatic N) is 1. The van der Waals surface area contributed by atoms with Crippen LogP contribution in [0.1, 0.15) is 27.7 Å². The van der Waals surface area contributed by atoms with E-state index in [4.69, 9.17) is 9.47 Å². The molecule has 0 aromatic rings. The number of nitro groups is 1. The molecule has 0 spiro atoms. The standard InChI is InChI=1S/C11H19NO6/c1-5-17-9(13)8(10(14)18-6-2)11(3,4)7-12(15)16/h8H,5-7H2,1-4H3. The molecular weight excluding hydrogens is 242 g/mol. The summed E-state index contributed by atoms with van der Waals surface area (Å²) < 4.78 is 9.55. The van der Waals surface area contributed by atoms with Crippen LogP contribution in [0, 0.1) is 21.4 Å². The molecule has 0 amide bonds. The molecular formula is C11H19NO6. The average molecular weight is 261 g/mol. The molecule has 0 radical (unpaired) electrons. The van der Waals surface area contributed by atoms with Gasteiger partial charge in [0.05, 0.1) is 18.6 Å². The minimum Gasteiger partial charge on any atom is -0.465 e. The molecule has 0 saturated heterocycles. The van der Waals surface area contributed by atoms with Gasteiger partial charge in [0.1, 0.15) is 0 Å². The molecule has 0 aromatic heterocycles. The molecule has 0 atom stereocenters. The molecule has 0 aromatic carbocycles. The summed E-state index contributed by atoms with van der Waals surface area (Å²) in [6.45, 7) is 5.81. The van der Waals surface area contributed by atoms with Crippen molar-refractivity contribution < 1.29 is 24.0 Å². The molecule has 0 aliphatic carbocycles. The molecule has 0 rings (SSSR count). The quantitative estimate of drug-likeness (QED) is 0.294. The third kappa shape index (κ3) is 4.68. The van der Waals surface area contributed by atoms with Gasteiger partial charge in [0, 0.05) is 4.92 Å². The molecule has 0 N–H and O–H groups in total. The zero-order valence-corrected chi connectivity index (χ0v) is 11.1. The van der Waals surface area contributed by atoms with Crippen LogP contribution in [0.5, 0.6) is 0 Å². The van der Waals surface area contributed by atoms with Crippen LogP contribution >= 0.6 is 0 Å². The maximum absolute atomic E-state index is 11.7. The summed E-state index contributed by atoms with van der Waals surface area (Å²) in [5.41, 5.74) is -1.16. The maximum Gasteiger partial charge on any atom is 0.321 e. The van der Waals surface area contributed by atoms with Crippen molar-refractivity contribution in [3.8, 4) is 0 Å². The van der Waals surface area contributed by atoms with Crippen LogP contribution in [0.2, 0.25) is 0 Å². The lowest BCUT2D eigenvalue weighted by molar-refractivity contribution is -0.497. The van der Waals surface area contributed by atoms with E-state index < -0.39 is 34.7 Å². The lowest BCUT2D eigenvalue weighted by Crippen LogP contribution is -2.43. The second-order valence-corrected chi connectivity index (χ2v) is 4.42. The van der Waals surface area contributed by atoms with Gasteiger partial charge in [-0.25, -0.2) is 0 Å². The Morgan fingerprint density at radius 2 is 1.56 bits per heavy atom. The van der Waals surface area contributed by atoms with Crippen molar-refractivity contribution in [1.29, 1.82) is 0 Å². The second-order valence-electron chi connectivity index (χ2n) is 4.42. The van der Waals surface area contributed by atoms with Gasteiger partial charge in [-0.3, -0.25) is 19.7 Å². The Bertz CT molecular complexity index is 307. The maximum atomic E-state index is 11.7. The molecule has 7 heteroatoms. The summed E-state index contributed by atoms with van der Waals surface area (Å²) in [7, 11) is 0. The van der Waals surface area contributed by atoms with Gasteiger partial charge in [0.25, 0.3) is 0 Å². The van der Waals surface area contributed by atoms with Gasteiger partial charge in [-0.2, -0.15) is 0 Å². The Hall–Kier alpha value is -1.66. The highest BCUT2D eigenvalue weighted by molar-refractivity contribution is 5.95. The third-order valence-corrected chi connectivity index (χ3v) is 2.36. The zero-order valence-electron chi connectivity index (χ0n) is 11.1. The number of hydrogen-bond acceptors (Lipinski definition) is 6. The largest absolute Gasteiger partial charge is 0.465 e. The number of esters is 2. The number of rotatable bonds is 7. The van der Waals surface area contributed by atoms with Gasteiger partial charge in [0.2, 0.25) is 6.54 Å². The smallest absolute Gasteiger partial charge is 0.321 e. The first-order chi connectivity index (χ1) is 8.26. The van der Waals surface area contributed by atoms with Crippen LogP contribution in [0.25, 0.3) is 0 Å². The summed E-state index contributed by atoms with van der Waals surface area (Å²) >= 11 is 0. The lowest BCUT2D eigenvalue weighted by atomic mass is 9.78. The molecule has 104 valence electrons. The Balaban J connectivity index is 5.12. The van der Waals surface area contributed by atoms with E-state index in [9.17, 15) is 19.7 Å². The topological polar surface area (TPSA) is 95.7 Å². The van der Waals surface area contributed by atoms with Crippen molar-refractivity contribution in [3.05, 3.63) is 10.1 Å². The van der Waals surface area contributed by atoms with Gasteiger partial charge in [-0.1, -0.05) is 13.8 Å².